The molecule has 0 spiro atoms. The maximum Gasteiger partial charge on any atom is 0.325 e. The molecular weight excluding hydrogens is 444 g/mol. The molecular formula is C23H28N4O5S. The van der Waals surface area contributed by atoms with Crippen LogP contribution in [0, 0.1) is 5.92 Å². The van der Waals surface area contributed by atoms with Gasteiger partial charge in [0.15, 0.2) is 0 Å². The highest BCUT2D eigenvalue weighted by molar-refractivity contribution is 7.92. The van der Waals surface area contributed by atoms with Gasteiger partial charge < -0.3 is 10.6 Å². The quantitative estimate of drug-likeness (QED) is 0.573. The summed E-state index contributed by atoms with van der Waals surface area (Å²) >= 11 is 0. The Hall–Kier alpha value is -3.40. The molecule has 1 aliphatic heterocycles. The van der Waals surface area contributed by atoms with Crippen molar-refractivity contribution in [2.75, 3.05) is 23.2 Å². The highest BCUT2D eigenvalue weighted by Crippen LogP contribution is 2.26. The summed E-state index contributed by atoms with van der Waals surface area (Å²) in [5, 5.41) is 5.23. The monoisotopic (exact) mass is 472 g/mol. The molecule has 2 N–H and O–H groups in total. The lowest BCUT2D eigenvalue weighted by atomic mass is 9.91. The molecule has 0 saturated carbocycles. The number of carbonyl (C=O) groups excluding carboxylic acids is 3. The number of para-hydroxylation sites is 1. The number of nitrogens with one attached hydrogen (secondary N) is 2. The van der Waals surface area contributed by atoms with E-state index in [-0.39, 0.29) is 16.5 Å². The fourth-order valence-electron chi connectivity index (χ4n) is 3.86. The third-order valence-corrected chi connectivity index (χ3v) is 7.14. The van der Waals surface area contributed by atoms with Gasteiger partial charge in [0.05, 0.1) is 10.6 Å². The highest BCUT2D eigenvalue weighted by atomic mass is 32.2. The number of amides is 4. The molecule has 0 bridgehead atoms. The van der Waals surface area contributed by atoms with Crippen LogP contribution >= 0.6 is 0 Å². The molecule has 1 fully saturated rings. The van der Waals surface area contributed by atoms with E-state index in [2.05, 4.69) is 10.6 Å². The average Bonchev–Trinajstić information content (AvgIpc) is 2.96. The number of benzene rings is 2. The van der Waals surface area contributed by atoms with Crippen LogP contribution in [0.2, 0.25) is 0 Å². The minimum atomic E-state index is -3.86. The Balaban J connectivity index is 1.72. The molecule has 3 rings (SSSR count). The zero-order chi connectivity index (χ0) is 24.4. The maximum absolute atomic E-state index is 13.0. The number of imide groups is 1. The van der Waals surface area contributed by atoms with Crippen LogP contribution in [-0.4, -0.2) is 50.3 Å². The minimum Gasteiger partial charge on any atom is -0.324 e. The second-order valence-electron chi connectivity index (χ2n) is 8.64. The Labute approximate surface area is 193 Å². The van der Waals surface area contributed by atoms with Gasteiger partial charge in [-0.2, -0.15) is 0 Å². The SMILES string of the molecule is CC(C)C[C@]1(C)NC(=O)N(CC(=O)Nc2cccc(S(=O)(=O)N(C)c3ccccc3)c2)C1=O. The number of anilines is 2. The number of urea groups is 1. The summed E-state index contributed by atoms with van der Waals surface area (Å²) < 4.78 is 27.2. The van der Waals surface area contributed by atoms with Gasteiger partial charge >= 0.3 is 6.03 Å². The van der Waals surface area contributed by atoms with Crippen molar-refractivity contribution >= 4 is 39.2 Å². The van der Waals surface area contributed by atoms with Gasteiger partial charge in [-0.05, 0) is 49.6 Å². The van der Waals surface area contributed by atoms with Gasteiger partial charge in [0.1, 0.15) is 12.1 Å². The Morgan fingerprint density at radius 3 is 2.42 bits per heavy atom. The molecule has 0 radical (unpaired) electrons. The Morgan fingerprint density at radius 1 is 1.12 bits per heavy atom. The van der Waals surface area contributed by atoms with E-state index in [1.54, 1.807) is 37.3 Å². The molecule has 2 aromatic carbocycles. The smallest absolute Gasteiger partial charge is 0.324 e. The Bertz CT molecular complexity index is 1170. The number of sulfonamides is 1. The summed E-state index contributed by atoms with van der Waals surface area (Å²) in [5.74, 6) is -0.901. The van der Waals surface area contributed by atoms with Crippen LogP contribution in [0.25, 0.3) is 0 Å². The van der Waals surface area contributed by atoms with Crippen molar-refractivity contribution in [1.82, 2.24) is 10.2 Å². The van der Waals surface area contributed by atoms with Gasteiger partial charge in [-0.25, -0.2) is 13.2 Å². The molecule has 9 nitrogen and oxygen atoms in total. The van der Waals surface area contributed by atoms with Crippen LogP contribution in [0.1, 0.15) is 27.2 Å². The molecule has 1 atom stereocenters. The molecule has 1 saturated heterocycles. The van der Waals surface area contributed by atoms with Crippen LogP contribution < -0.4 is 14.9 Å². The fourth-order valence-corrected chi connectivity index (χ4v) is 5.10. The van der Waals surface area contributed by atoms with Crippen LogP contribution in [0.5, 0.6) is 0 Å². The van der Waals surface area contributed by atoms with Gasteiger partial charge in [-0.1, -0.05) is 38.1 Å². The lowest BCUT2D eigenvalue weighted by Gasteiger charge is -2.23. The van der Waals surface area contributed by atoms with E-state index in [1.165, 1.54) is 31.3 Å². The molecule has 0 unspecified atom stereocenters. The van der Waals surface area contributed by atoms with Crippen LogP contribution in [0.15, 0.2) is 59.5 Å². The van der Waals surface area contributed by atoms with Crippen LogP contribution in [0.3, 0.4) is 0 Å². The molecule has 1 heterocycles. The summed E-state index contributed by atoms with van der Waals surface area (Å²) in [7, 11) is -2.42. The van der Waals surface area contributed by atoms with E-state index in [4.69, 9.17) is 0 Å². The lowest BCUT2D eigenvalue weighted by molar-refractivity contribution is -0.133. The number of carbonyl (C=O) groups is 3. The second kappa shape index (κ2) is 9.22. The second-order valence-corrected chi connectivity index (χ2v) is 10.6. The molecule has 4 amide bonds. The zero-order valence-corrected chi connectivity index (χ0v) is 19.8. The Morgan fingerprint density at radius 2 is 1.79 bits per heavy atom. The normalized spacial score (nSPS) is 18.4. The van der Waals surface area contributed by atoms with E-state index in [0.717, 1.165) is 9.21 Å². The number of hydrogen-bond acceptors (Lipinski definition) is 5. The lowest BCUT2D eigenvalue weighted by Crippen LogP contribution is -2.45. The third kappa shape index (κ3) is 5.16. The summed E-state index contributed by atoms with van der Waals surface area (Å²) in [6.45, 7) is 5.05. The van der Waals surface area contributed by atoms with Crippen molar-refractivity contribution in [2.24, 2.45) is 5.92 Å². The Kier molecular flexibility index (Phi) is 6.78. The van der Waals surface area contributed by atoms with Crippen molar-refractivity contribution in [3.05, 3.63) is 54.6 Å². The summed E-state index contributed by atoms with van der Waals surface area (Å²) in [5.41, 5.74) is -0.323. The first kappa shape index (κ1) is 24.2. The predicted molar refractivity (Wildman–Crippen MR) is 125 cm³/mol. The minimum absolute atomic E-state index is 0.00819. The van der Waals surface area contributed by atoms with E-state index >= 15 is 0 Å². The molecule has 1 aliphatic rings. The van der Waals surface area contributed by atoms with Gasteiger partial charge in [0.2, 0.25) is 5.91 Å². The maximum atomic E-state index is 13.0. The van der Waals surface area contributed by atoms with Crippen molar-refractivity contribution in [2.45, 2.75) is 37.6 Å². The first-order chi connectivity index (χ1) is 15.4. The number of rotatable bonds is 8. The first-order valence-electron chi connectivity index (χ1n) is 10.5. The van der Waals surface area contributed by atoms with Gasteiger partial charge in [0, 0.05) is 12.7 Å². The highest BCUT2D eigenvalue weighted by Gasteiger charge is 2.48. The van der Waals surface area contributed by atoms with Crippen molar-refractivity contribution in [3.8, 4) is 0 Å². The largest absolute Gasteiger partial charge is 0.325 e. The molecule has 176 valence electrons. The van der Waals surface area contributed by atoms with Crippen LogP contribution in [0.4, 0.5) is 16.2 Å². The predicted octanol–water partition coefficient (Wildman–Crippen LogP) is 2.81. The van der Waals surface area contributed by atoms with Crippen LogP contribution in [-0.2, 0) is 19.6 Å². The molecule has 0 aliphatic carbocycles. The van der Waals surface area contributed by atoms with Gasteiger partial charge in [0.25, 0.3) is 15.9 Å². The number of hydrogen-bond donors (Lipinski definition) is 2. The van der Waals surface area contributed by atoms with Gasteiger partial charge in [-0.3, -0.25) is 18.8 Å². The van der Waals surface area contributed by atoms with E-state index in [1.807, 2.05) is 13.8 Å². The topological polar surface area (TPSA) is 116 Å². The molecule has 10 heteroatoms. The third-order valence-electron chi connectivity index (χ3n) is 5.36. The molecule has 0 aromatic heterocycles. The zero-order valence-electron chi connectivity index (χ0n) is 19.0. The first-order valence-corrected chi connectivity index (χ1v) is 12.0. The number of nitrogens with zero attached hydrogens (tertiary/aromatic N) is 2. The molecule has 33 heavy (non-hydrogen) atoms. The summed E-state index contributed by atoms with van der Waals surface area (Å²) in [4.78, 5) is 38.5. The van der Waals surface area contributed by atoms with E-state index in [0.29, 0.717) is 12.1 Å². The van der Waals surface area contributed by atoms with Crippen molar-refractivity contribution in [1.29, 1.82) is 0 Å². The van der Waals surface area contributed by atoms with Crippen molar-refractivity contribution < 1.29 is 22.8 Å². The van der Waals surface area contributed by atoms with Crippen molar-refractivity contribution in [3.63, 3.8) is 0 Å². The average molecular weight is 473 g/mol. The van der Waals surface area contributed by atoms with E-state index in [9.17, 15) is 22.8 Å². The summed E-state index contributed by atoms with van der Waals surface area (Å²) in [6, 6.07) is 13.8. The molecule has 2 aromatic rings. The van der Waals surface area contributed by atoms with E-state index < -0.39 is 40.0 Å². The summed E-state index contributed by atoms with van der Waals surface area (Å²) in [6.07, 6.45) is 0.449. The van der Waals surface area contributed by atoms with Gasteiger partial charge in [-0.15, -0.1) is 0 Å². The standard InChI is InChI=1S/C23H28N4O5S/c1-16(2)14-23(3)21(29)27(22(30)25-23)15-20(28)24-17-9-8-12-19(13-17)33(31,32)26(4)18-10-6-5-7-11-18/h5-13,16H,14-15H2,1-4H3,(H,24,28)(H,25,30)/t23-/m0/s1. The fraction of sp³-hybridized carbons (Fsp3) is 0.348.